The molecule has 27 heavy (non-hydrogen) atoms. The van der Waals surface area contributed by atoms with E-state index >= 15 is 0 Å². The minimum atomic E-state index is -0.717. The molecule has 0 aliphatic heterocycles. The summed E-state index contributed by atoms with van der Waals surface area (Å²) in [5.74, 6) is 2.53. The molecule has 5 nitrogen and oxygen atoms in total. The van der Waals surface area contributed by atoms with Crippen LogP contribution in [0.15, 0.2) is 24.3 Å². The molecular weight excluding hydrogens is 364 g/mol. The Bertz CT molecular complexity index is 683. The predicted octanol–water partition coefficient (Wildman–Crippen LogP) is 3.86. The van der Waals surface area contributed by atoms with E-state index in [0.717, 1.165) is 17.8 Å². The SMILES string of the molecule is C[C@@H](Oc1ccc(Cl)cc1)C(=O)NNC(=O)CC12CC3CC(CC(C3)C1)C2. The molecule has 146 valence electrons. The zero-order chi connectivity index (χ0) is 19.0. The van der Waals surface area contributed by atoms with Crippen molar-refractivity contribution in [2.45, 2.75) is 58.0 Å². The second kappa shape index (κ2) is 7.34. The summed E-state index contributed by atoms with van der Waals surface area (Å²) in [6.07, 6.45) is 7.41. The molecule has 4 aliphatic carbocycles. The van der Waals surface area contributed by atoms with Crippen molar-refractivity contribution in [1.29, 1.82) is 0 Å². The third-order valence-corrected chi connectivity index (χ3v) is 6.77. The summed E-state index contributed by atoms with van der Waals surface area (Å²) in [6, 6.07) is 6.82. The van der Waals surface area contributed by atoms with E-state index < -0.39 is 6.10 Å². The fraction of sp³-hybridized carbons (Fsp3) is 0.619. The number of nitrogens with one attached hydrogen (secondary N) is 2. The maximum absolute atomic E-state index is 12.5. The number of carbonyl (C=O) groups excluding carboxylic acids is 2. The molecule has 4 fully saturated rings. The van der Waals surface area contributed by atoms with E-state index in [-0.39, 0.29) is 17.2 Å². The van der Waals surface area contributed by atoms with Crippen LogP contribution in [0.5, 0.6) is 5.75 Å². The normalized spacial score (nSPS) is 32.0. The van der Waals surface area contributed by atoms with Crippen molar-refractivity contribution in [2.24, 2.45) is 23.2 Å². The van der Waals surface area contributed by atoms with Gasteiger partial charge in [0.2, 0.25) is 5.91 Å². The van der Waals surface area contributed by atoms with Gasteiger partial charge in [0, 0.05) is 11.4 Å². The summed E-state index contributed by atoms with van der Waals surface area (Å²) in [5, 5.41) is 0.608. The maximum Gasteiger partial charge on any atom is 0.279 e. The standard InChI is InChI=1S/C21H27ClN2O3/c1-13(27-18-4-2-17(22)3-5-18)20(26)24-23-19(25)12-21-9-14-6-15(10-21)8-16(7-14)11-21/h2-5,13-16H,6-12H2,1H3,(H,23,25)(H,24,26)/t13-,14?,15?,16?,21?/m1/s1. The van der Waals surface area contributed by atoms with E-state index in [4.69, 9.17) is 16.3 Å². The second-order valence-electron chi connectivity index (χ2n) is 8.85. The summed E-state index contributed by atoms with van der Waals surface area (Å²) in [7, 11) is 0. The molecule has 0 saturated heterocycles. The minimum Gasteiger partial charge on any atom is -0.481 e. The molecule has 1 atom stereocenters. The molecule has 0 unspecified atom stereocenters. The molecule has 4 bridgehead atoms. The van der Waals surface area contributed by atoms with Crippen LogP contribution in [0.1, 0.15) is 51.9 Å². The van der Waals surface area contributed by atoms with Crippen LogP contribution < -0.4 is 15.6 Å². The Hall–Kier alpha value is -1.75. The number of ether oxygens (including phenoxy) is 1. The van der Waals surface area contributed by atoms with E-state index in [1.807, 2.05) is 0 Å². The van der Waals surface area contributed by atoms with Crippen LogP contribution in [0.3, 0.4) is 0 Å². The lowest BCUT2D eigenvalue weighted by Crippen LogP contribution is -2.51. The van der Waals surface area contributed by atoms with Gasteiger partial charge < -0.3 is 4.74 Å². The Balaban J connectivity index is 1.25. The van der Waals surface area contributed by atoms with Gasteiger partial charge in [0.25, 0.3) is 5.91 Å². The zero-order valence-electron chi connectivity index (χ0n) is 15.7. The van der Waals surface area contributed by atoms with Crippen molar-refractivity contribution < 1.29 is 14.3 Å². The number of hydrogen-bond acceptors (Lipinski definition) is 3. The largest absolute Gasteiger partial charge is 0.481 e. The fourth-order valence-corrected chi connectivity index (χ4v) is 6.02. The van der Waals surface area contributed by atoms with Crippen LogP contribution in [-0.2, 0) is 9.59 Å². The molecule has 0 aromatic heterocycles. The van der Waals surface area contributed by atoms with Crippen molar-refractivity contribution in [3.8, 4) is 5.75 Å². The van der Waals surface area contributed by atoms with Gasteiger partial charge in [-0.3, -0.25) is 20.4 Å². The molecular formula is C21H27ClN2O3. The molecule has 2 N–H and O–H groups in total. The van der Waals surface area contributed by atoms with E-state index in [1.54, 1.807) is 31.2 Å². The smallest absolute Gasteiger partial charge is 0.279 e. The third-order valence-electron chi connectivity index (χ3n) is 6.52. The number of rotatable bonds is 5. The van der Waals surface area contributed by atoms with Crippen LogP contribution in [-0.4, -0.2) is 17.9 Å². The van der Waals surface area contributed by atoms with E-state index in [1.165, 1.54) is 38.5 Å². The summed E-state index contributed by atoms with van der Waals surface area (Å²) in [6.45, 7) is 1.65. The van der Waals surface area contributed by atoms with Crippen molar-refractivity contribution in [2.75, 3.05) is 0 Å². The van der Waals surface area contributed by atoms with Gasteiger partial charge in [-0.25, -0.2) is 0 Å². The first-order valence-electron chi connectivity index (χ1n) is 9.92. The molecule has 4 saturated carbocycles. The highest BCUT2D eigenvalue weighted by atomic mass is 35.5. The van der Waals surface area contributed by atoms with Crippen LogP contribution in [0.4, 0.5) is 0 Å². The van der Waals surface area contributed by atoms with Crippen LogP contribution >= 0.6 is 11.6 Å². The Kier molecular flexibility index (Phi) is 5.06. The lowest BCUT2D eigenvalue weighted by Gasteiger charge is -2.56. The van der Waals surface area contributed by atoms with Gasteiger partial charge in [-0.15, -0.1) is 0 Å². The molecule has 1 aromatic rings. The average Bonchev–Trinajstić information content (AvgIpc) is 2.60. The number of halogens is 1. The van der Waals surface area contributed by atoms with E-state index in [2.05, 4.69) is 10.9 Å². The molecule has 6 heteroatoms. The number of benzene rings is 1. The summed E-state index contributed by atoms with van der Waals surface area (Å²) < 4.78 is 5.58. The topological polar surface area (TPSA) is 67.4 Å². The highest BCUT2D eigenvalue weighted by Crippen LogP contribution is 2.61. The maximum atomic E-state index is 12.5. The Morgan fingerprint density at radius 1 is 1.07 bits per heavy atom. The van der Waals surface area contributed by atoms with Crippen molar-refractivity contribution in [3.05, 3.63) is 29.3 Å². The number of hydrogen-bond donors (Lipinski definition) is 2. The average molecular weight is 391 g/mol. The first-order valence-corrected chi connectivity index (χ1v) is 10.3. The lowest BCUT2D eigenvalue weighted by atomic mass is 9.49. The van der Waals surface area contributed by atoms with Gasteiger partial charge in [0.05, 0.1) is 0 Å². The molecule has 0 spiro atoms. The van der Waals surface area contributed by atoms with Crippen molar-refractivity contribution in [1.82, 2.24) is 10.9 Å². The van der Waals surface area contributed by atoms with Gasteiger partial charge in [-0.05, 0) is 92.9 Å². The van der Waals surface area contributed by atoms with Crippen molar-refractivity contribution >= 4 is 23.4 Å². The van der Waals surface area contributed by atoms with Crippen molar-refractivity contribution in [3.63, 3.8) is 0 Å². The second-order valence-corrected chi connectivity index (χ2v) is 9.28. The van der Waals surface area contributed by atoms with Crippen LogP contribution in [0.25, 0.3) is 0 Å². The molecule has 0 radical (unpaired) electrons. The Labute approximate surface area is 165 Å². The third kappa shape index (κ3) is 4.23. The molecule has 2 amide bonds. The molecule has 1 aromatic carbocycles. The zero-order valence-corrected chi connectivity index (χ0v) is 16.4. The highest BCUT2D eigenvalue weighted by Gasteiger charge is 2.51. The molecule has 5 rings (SSSR count). The Morgan fingerprint density at radius 2 is 1.63 bits per heavy atom. The van der Waals surface area contributed by atoms with E-state index in [9.17, 15) is 9.59 Å². The van der Waals surface area contributed by atoms with Crippen LogP contribution in [0, 0.1) is 23.2 Å². The lowest BCUT2D eigenvalue weighted by molar-refractivity contribution is -0.136. The van der Waals surface area contributed by atoms with Crippen LogP contribution in [0.2, 0.25) is 5.02 Å². The minimum absolute atomic E-state index is 0.0935. The predicted molar refractivity (Wildman–Crippen MR) is 103 cm³/mol. The first kappa shape index (κ1) is 18.6. The van der Waals surface area contributed by atoms with E-state index in [0.29, 0.717) is 17.2 Å². The Morgan fingerprint density at radius 3 is 2.19 bits per heavy atom. The number of amides is 2. The fourth-order valence-electron chi connectivity index (χ4n) is 5.90. The summed E-state index contributed by atoms with van der Waals surface area (Å²) in [5.41, 5.74) is 5.26. The first-order chi connectivity index (χ1) is 12.9. The monoisotopic (exact) mass is 390 g/mol. The highest BCUT2D eigenvalue weighted by molar-refractivity contribution is 6.30. The molecule has 4 aliphatic rings. The quantitative estimate of drug-likeness (QED) is 0.750. The van der Waals surface area contributed by atoms with Gasteiger partial charge in [-0.1, -0.05) is 11.6 Å². The van der Waals surface area contributed by atoms with Gasteiger partial charge in [0.15, 0.2) is 6.10 Å². The number of carbonyl (C=O) groups is 2. The summed E-state index contributed by atoms with van der Waals surface area (Å²) in [4.78, 5) is 24.7. The molecule has 0 heterocycles. The number of hydrazine groups is 1. The summed E-state index contributed by atoms with van der Waals surface area (Å²) >= 11 is 5.84. The van der Waals surface area contributed by atoms with Gasteiger partial charge in [0.1, 0.15) is 5.75 Å². The van der Waals surface area contributed by atoms with Gasteiger partial charge in [-0.2, -0.15) is 0 Å². The van der Waals surface area contributed by atoms with Gasteiger partial charge >= 0.3 is 0 Å².